The predicted octanol–water partition coefficient (Wildman–Crippen LogP) is 3.03. The average molecular weight is 309 g/mol. The highest BCUT2D eigenvalue weighted by Gasteiger charge is 2.12. The Balaban J connectivity index is 1.96. The summed E-state index contributed by atoms with van der Waals surface area (Å²) in [6.07, 6.45) is 0. The molecule has 1 aromatic heterocycles. The monoisotopic (exact) mass is 309 g/mol. The minimum atomic E-state index is -0.152. The molecule has 0 bridgehead atoms. The molecule has 1 atom stereocenters. The normalized spacial score (nSPS) is 12.7. The molecule has 0 saturated carbocycles. The molecule has 3 aromatic rings. The van der Waals surface area contributed by atoms with Crippen molar-refractivity contribution in [1.82, 2.24) is 9.88 Å². The maximum atomic E-state index is 11.9. The lowest BCUT2D eigenvalue weighted by Crippen LogP contribution is -2.32. The molecule has 4 nitrogen and oxygen atoms in total. The summed E-state index contributed by atoms with van der Waals surface area (Å²) in [4.78, 5) is 11.9. The highest BCUT2D eigenvalue weighted by molar-refractivity contribution is 6.08. The Morgan fingerprint density at radius 2 is 1.91 bits per heavy atom. The quantitative estimate of drug-likeness (QED) is 0.761. The van der Waals surface area contributed by atoms with E-state index in [0.717, 1.165) is 12.1 Å². The number of amides is 1. The molecule has 3 rings (SSSR count). The van der Waals surface area contributed by atoms with Crippen LogP contribution in [0.25, 0.3) is 21.8 Å². The molecule has 0 spiro atoms. The van der Waals surface area contributed by atoms with Crippen LogP contribution < -0.4 is 11.1 Å². The number of carbonyl (C=O) groups is 1. The summed E-state index contributed by atoms with van der Waals surface area (Å²) in [5.41, 5.74) is 9.13. The Morgan fingerprint density at radius 1 is 1.17 bits per heavy atom. The predicted molar refractivity (Wildman–Crippen MR) is 95.2 cm³/mol. The Hall–Kier alpha value is -2.33. The number of nitrogens with two attached hydrogens (primary N) is 1. The zero-order valence-corrected chi connectivity index (χ0v) is 13.7. The molecule has 120 valence electrons. The van der Waals surface area contributed by atoms with Crippen molar-refractivity contribution in [3.8, 4) is 0 Å². The van der Waals surface area contributed by atoms with Crippen LogP contribution in [0.2, 0.25) is 0 Å². The fourth-order valence-electron chi connectivity index (χ4n) is 3.02. The van der Waals surface area contributed by atoms with Gasteiger partial charge >= 0.3 is 0 Å². The van der Waals surface area contributed by atoms with Crippen LogP contribution in [0.5, 0.6) is 0 Å². The van der Waals surface area contributed by atoms with E-state index in [-0.39, 0.29) is 11.8 Å². The van der Waals surface area contributed by atoms with Crippen molar-refractivity contribution in [2.24, 2.45) is 11.7 Å². The number of hydrogen-bond acceptors (Lipinski definition) is 2. The van der Waals surface area contributed by atoms with Gasteiger partial charge in [-0.2, -0.15) is 0 Å². The van der Waals surface area contributed by atoms with Gasteiger partial charge in [-0.3, -0.25) is 4.79 Å². The average Bonchev–Trinajstić information content (AvgIpc) is 2.92. The number of rotatable bonds is 5. The highest BCUT2D eigenvalue weighted by atomic mass is 16.1. The summed E-state index contributed by atoms with van der Waals surface area (Å²) < 4.78 is 2.32. The summed E-state index contributed by atoms with van der Waals surface area (Å²) >= 11 is 0. The Bertz CT molecular complexity index is 850. The van der Waals surface area contributed by atoms with Crippen LogP contribution in [0.3, 0.4) is 0 Å². The first-order valence-corrected chi connectivity index (χ1v) is 8.13. The Labute approximate surface area is 136 Å². The molecule has 2 aromatic carbocycles. The molecule has 0 saturated heterocycles. The second kappa shape index (κ2) is 6.42. The molecular weight excluding hydrogens is 286 g/mol. The molecular formula is C19H23N3O. The van der Waals surface area contributed by atoms with E-state index in [0.29, 0.717) is 13.1 Å². The molecule has 0 aliphatic carbocycles. The second-order valence-electron chi connectivity index (χ2n) is 5.97. The zero-order chi connectivity index (χ0) is 16.4. The molecule has 0 fully saturated rings. The van der Waals surface area contributed by atoms with E-state index in [2.05, 4.69) is 59.3 Å². The van der Waals surface area contributed by atoms with E-state index in [4.69, 9.17) is 5.73 Å². The van der Waals surface area contributed by atoms with Crippen molar-refractivity contribution in [1.29, 1.82) is 0 Å². The molecule has 0 radical (unpaired) electrons. The second-order valence-corrected chi connectivity index (χ2v) is 5.97. The number of hydrogen-bond donors (Lipinski definition) is 2. The Kier molecular flexibility index (Phi) is 4.35. The van der Waals surface area contributed by atoms with Crippen LogP contribution >= 0.6 is 0 Å². The number of benzene rings is 2. The smallest absolute Gasteiger partial charge is 0.224 e. The first-order valence-electron chi connectivity index (χ1n) is 8.13. The largest absolute Gasteiger partial charge is 0.352 e. The number of fused-ring (bicyclic) bond motifs is 3. The van der Waals surface area contributed by atoms with Gasteiger partial charge in [0.15, 0.2) is 0 Å². The first-order chi connectivity index (χ1) is 11.2. The van der Waals surface area contributed by atoms with E-state index >= 15 is 0 Å². The molecule has 4 heteroatoms. The van der Waals surface area contributed by atoms with Gasteiger partial charge in [0.05, 0.1) is 0 Å². The number of aromatic nitrogens is 1. The van der Waals surface area contributed by atoms with Gasteiger partial charge in [-0.1, -0.05) is 31.2 Å². The van der Waals surface area contributed by atoms with E-state index in [1.165, 1.54) is 21.8 Å². The number of carbonyl (C=O) groups excluding carboxylic acids is 1. The van der Waals surface area contributed by atoms with Gasteiger partial charge < -0.3 is 15.6 Å². The fourth-order valence-corrected chi connectivity index (χ4v) is 3.02. The number of para-hydroxylation sites is 1. The van der Waals surface area contributed by atoms with Gasteiger partial charge in [-0.25, -0.2) is 0 Å². The van der Waals surface area contributed by atoms with E-state index in [1.807, 2.05) is 6.92 Å². The third-order valence-corrected chi connectivity index (χ3v) is 4.42. The topological polar surface area (TPSA) is 60.0 Å². The summed E-state index contributed by atoms with van der Waals surface area (Å²) in [5, 5.41) is 5.45. The van der Waals surface area contributed by atoms with Crippen molar-refractivity contribution >= 4 is 27.7 Å². The van der Waals surface area contributed by atoms with Crippen LogP contribution in [0.1, 0.15) is 19.4 Å². The minimum Gasteiger partial charge on any atom is -0.352 e. The zero-order valence-electron chi connectivity index (χ0n) is 13.7. The molecule has 0 aliphatic heterocycles. The number of nitrogens with one attached hydrogen (secondary N) is 1. The first kappa shape index (κ1) is 15.6. The Morgan fingerprint density at radius 3 is 2.65 bits per heavy atom. The lowest BCUT2D eigenvalue weighted by molar-refractivity contribution is -0.124. The van der Waals surface area contributed by atoms with Gasteiger partial charge in [-0.15, -0.1) is 0 Å². The molecule has 1 amide bonds. The summed E-state index contributed by atoms with van der Waals surface area (Å²) in [6.45, 7) is 5.84. The van der Waals surface area contributed by atoms with Crippen molar-refractivity contribution < 1.29 is 4.79 Å². The van der Waals surface area contributed by atoms with E-state index in [9.17, 15) is 4.79 Å². The van der Waals surface area contributed by atoms with Crippen molar-refractivity contribution in [3.05, 3.63) is 48.0 Å². The molecule has 1 heterocycles. The van der Waals surface area contributed by atoms with Crippen LogP contribution in [0.4, 0.5) is 0 Å². The van der Waals surface area contributed by atoms with Crippen LogP contribution in [-0.2, 0) is 17.9 Å². The van der Waals surface area contributed by atoms with Gasteiger partial charge in [0.1, 0.15) is 0 Å². The van der Waals surface area contributed by atoms with Gasteiger partial charge in [0.2, 0.25) is 5.91 Å². The van der Waals surface area contributed by atoms with Crippen molar-refractivity contribution in [2.75, 3.05) is 6.54 Å². The molecule has 3 N–H and O–H groups in total. The lowest BCUT2D eigenvalue weighted by atomic mass is 10.1. The van der Waals surface area contributed by atoms with Crippen molar-refractivity contribution in [2.45, 2.75) is 26.9 Å². The highest BCUT2D eigenvalue weighted by Crippen LogP contribution is 2.29. The SMILES string of the molecule is CCn1c2ccccc2c2cc(CNC(=O)C(C)CN)ccc21. The number of nitrogens with zero attached hydrogens (tertiary/aromatic N) is 1. The van der Waals surface area contributed by atoms with Gasteiger partial charge in [0, 0.05) is 47.4 Å². The summed E-state index contributed by atoms with van der Waals surface area (Å²) in [7, 11) is 0. The fraction of sp³-hybridized carbons (Fsp3) is 0.316. The van der Waals surface area contributed by atoms with E-state index < -0.39 is 0 Å². The maximum Gasteiger partial charge on any atom is 0.224 e. The third kappa shape index (κ3) is 2.82. The standard InChI is InChI=1S/C19H23N3O/c1-3-22-17-7-5-4-6-15(17)16-10-14(8-9-18(16)22)12-21-19(23)13(2)11-20/h4-10,13H,3,11-12,20H2,1-2H3,(H,21,23). The minimum absolute atomic E-state index is 0.00332. The van der Waals surface area contributed by atoms with Gasteiger partial charge in [-0.05, 0) is 30.7 Å². The third-order valence-electron chi connectivity index (χ3n) is 4.42. The lowest BCUT2D eigenvalue weighted by Gasteiger charge is -2.10. The van der Waals surface area contributed by atoms with Crippen LogP contribution in [-0.4, -0.2) is 17.0 Å². The molecule has 23 heavy (non-hydrogen) atoms. The van der Waals surface area contributed by atoms with Crippen LogP contribution in [0.15, 0.2) is 42.5 Å². The van der Waals surface area contributed by atoms with Crippen LogP contribution in [0, 0.1) is 5.92 Å². The summed E-state index contributed by atoms with van der Waals surface area (Å²) in [5.74, 6) is -0.149. The van der Waals surface area contributed by atoms with E-state index in [1.54, 1.807) is 0 Å². The summed E-state index contributed by atoms with van der Waals surface area (Å²) in [6, 6.07) is 14.9. The number of aryl methyl sites for hydroxylation is 1. The van der Waals surface area contributed by atoms with Crippen molar-refractivity contribution in [3.63, 3.8) is 0 Å². The molecule has 1 unspecified atom stereocenters. The maximum absolute atomic E-state index is 11.9. The molecule has 0 aliphatic rings. The van der Waals surface area contributed by atoms with Gasteiger partial charge in [0.25, 0.3) is 0 Å².